The number of rotatable bonds is 1. The maximum absolute atomic E-state index is 13.2. The van der Waals surface area contributed by atoms with E-state index in [4.69, 9.17) is 0 Å². The Morgan fingerprint density at radius 2 is 2.23 bits per heavy atom. The molecule has 2 nitrogen and oxygen atoms in total. The van der Waals surface area contributed by atoms with E-state index in [-0.39, 0.29) is 11.3 Å². The Bertz CT molecular complexity index is 473. The summed E-state index contributed by atoms with van der Waals surface area (Å²) in [5, 5.41) is 0.780. The molecule has 2 rings (SSSR count). The molecule has 0 aliphatic rings. The number of ketones is 1. The summed E-state index contributed by atoms with van der Waals surface area (Å²) in [5.74, 6) is -0.714. The van der Waals surface area contributed by atoms with Gasteiger partial charge in [-0.3, -0.25) is 4.79 Å². The molecule has 1 aromatic heterocycles. The summed E-state index contributed by atoms with van der Waals surface area (Å²) < 4.78 is 13.2. The standard InChI is InChI=1S/C10H8FNO/c1-6(13)8-5-10-7(2-3-12-10)4-9(8)11/h2-5,12H,1H3. The lowest BCUT2D eigenvalue weighted by Crippen LogP contribution is -1.96. The van der Waals surface area contributed by atoms with Gasteiger partial charge in [0.1, 0.15) is 5.82 Å². The van der Waals surface area contributed by atoms with Crippen LogP contribution in [0.1, 0.15) is 17.3 Å². The molecule has 0 bridgehead atoms. The molecule has 2 aromatic rings. The third kappa shape index (κ3) is 1.22. The van der Waals surface area contributed by atoms with Crippen LogP contribution in [0.3, 0.4) is 0 Å². The van der Waals surface area contributed by atoms with Crippen molar-refractivity contribution in [2.45, 2.75) is 6.92 Å². The molecule has 0 saturated heterocycles. The van der Waals surface area contributed by atoms with Crippen molar-refractivity contribution in [1.82, 2.24) is 4.98 Å². The second kappa shape index (κ2) is 2.69. The topological polar surface area (TPSA) is 32.9 Å². The van der Waals surface area contributed by atoms with Gasteiger partial charge in [-0.25, -0.2) is 4.39 Å². The molecule has 0 aliphatic carbocycles. The fraction of sp³-hybridized carbons (Fsp3) is 0.100. The number of aromatic nitrogens is 1. The number of carbonyl (C=O) groups is 1. The van der Waals surface area contributed by atoms with Crippen LogP contribution in [0.5, 0.6) is 0 Å². The zero-order valence-corrected chi connectivity index (χ0v) is 7.10. The average molecular weight is 177 g/mol. The van der Waals surface area contributed by atoms with Crippen LogP contribution in [0.15, 0.2) is 24.4 Å². The van der Waals surface area contributed by atoms with Crippen molar-refractivity contribution in [3.8, 4) is 0 Å². The number of fused-ring (bicyclic) bond motifs is 1. The average Bonchev–Trinajstić information content (AvgIpc) is 2.48. The Balaban J connectivity index is 2.76. The minimum absolute atomic E-state index is 0.134. The van der Waals surface area contributed by atoms with E-state index >= 15 is 0 Å². The largest absolute Gasteiger partial charge is 0.361 e. The summed E-state index contributed by atoms with van der Waals surface area (Å²) in [4.78, 5) is 13.9. The number of hydrogen-bond donors (Lipinski definition) is 1. The third-order valence-corrected chi connectivity index (χ3v) is 2.02. The van der Waals surface area contributed by atoms with Crippen LogP contribution in [0, 0.1) is 5.82 Å². The minimum Gasteiger partial charge on any atom is -0.361 e. The summed E-state index contributed by atoms with van der Waals surface area (Å²) in [7, 11) is 0. The molecule has 0 spiro atoms. The second-order valence-corrected chi connectivity index (χ2v) is 2.95. The first kappa shape index (κ1) is 7.98. The molecule has 0 radical (unpaired) electrons. The molecule has 13 heavy (non-hydrogen) atoms. The highest BCUT2D eigenvalue weighted by Crippen LogP contribution is 2.18. The summed E-state index contributed by atoms with van der Waals surface area (Å²) in [5.41, 5.74) is 0.918. The zero-order valence-electron chi connectivity index (χ0n) is 7.10. The van der Waals surface area contributed by atoms with Crippen molar-refractivity contribution in [3.63, 3.8) is 0 Å². The fourth-order valence-electron chi connectivity index (χ4n) is 1.34. The van der Waals surface area contributed by atoms with Crippen LogP contribution < -0.4 is 0 Å². The van der Waals surface area contributed by atoms with Crippen molar-refractivity contribution in [3.05, 3.63) is 35.8 Å². The number of nitrogens with one attached hydrogen (secondary N) is 1. The van der Waals surface area contributed by atoms with E-state index in [1.54, 1.807) is 12.3 Å². The summed E-state index contributed by atoms with van der Waals surface area (Å²) >= 11 is 0. The van der Waals surface area contributed by atoms with Crippen molar-refractivity contribution >= 4 is 16.7 Å². The Morgan fingerprint density at radius 3 is 2.92 bits per heavy atom. The quantitative estimate of drug-likeness (QED) is 0.667. The van der Waals surface area contributed by atoms with Crippen molar-refractivity contribution < 1.29 is 9.18 Å². The third-order valence-electron chi connectivity index (χ3n) is 2.02. The van der Waals surface area contributed by atoms with E-state index in [2.05, 4.69) is 4.98 Å². The van der Waals surface area contributed by atoms with Gasteiger partial charge in [0.2, 0.25) is 0 Å². The minimum atomic E-state index is -0.459. The molecule has 1 N–H and O–H groups in total. The van der Waals surface area contributed by atoms with Gasteiger partial charge < -0.3 is 4.98 Å². The van der Waals surface area contributed by atoms with Gasteiger partial charge in [0.05, 0.1) is 5.56 Å². The number of hydrogen-bond acceptors (Lipinski definition) is 1. The van der Waals surface area contributed by atoms with E-state index in [1.807, 2.05) is 0 Å². The van der Waals surface area contributed by atoms with Gasteiger partial charge in [-0.05, 0) is 25.1 Å². The van der Waals surface area contributed by atoms with Crippen LogP contribution in [-0.4, -0.2) is 10.8 Å². The van der Waals surface area contributed by atoms with Gasteiger partial charge in [0, 0.05) is 17.1 Å². The molecule has 0 saturated carbocycles. The number of H-pyrrole nitrogens is 1. The highest BCUT2D eigenvalue weighted by Gasteiger charge is 2.08. The highest BCUT2D eigenvalue weighted by atomic mass is 19.1. The van der Waals surface area contributed by atoms with Gasteiger partial charge in [-0.15, -0.1) is 0 Å². The lowest BCUT2D eigenvalue weighted by Gasteiger charge is -1.98. The maximum atomic E-state index is 13.2. The molecule has 0 unspecified atom stereocenters. The van der Waals surface area contributed by atoms with Crippen LogP contribution in [-0.2, 0) is 0 Å². The van der Waals surface area contributed by atoms with Crippen molar-refractivity contribution in [2.75, 3.05) is 0 Å². The summed E-state index contributed by atoms with van der Waals surface area (Å²) in [6.45, 7) is 1.35. The molecule has 0 fully saturated rings. The van der Waals surface area contributed by atoms with Gasteiger partial charge >= 0.3 is 0 Å². The summed E-state index contributed by atoms with van der Waals surface area (Å²) in [6, 6.07) is 4.66. The number of benzene rings is 1. The molecule has 66 valence electrons. The van der Waals surface area contributed by atoms with Gasteiger partial charge in [0.15, 0.2) is 5.78 Å². The first-order chi connectivity index (χ1) is 6.18. The molecule has 1 heterocycles. The molecule has 0 aliphatic heterocycles. The number of aromatic amines is 1. The van der Waals surface area contributed by atoms with E-state index < -0.39 is 5.82 Å². The predicted octanol–water partition coefficient (Wildman–Crippen LogP) is 2.51. The molecule has 3 heteroatoms. The number of carbonyl (C=O) groups excluding carboxylic acids is 1. The fourth-order valence-corrected chi connectivity index (χ4v) is 1.34. The predicted molar refractivity (Wildman–Crippen MR) is 48.3 cm³/mol. The molecular formula is C10H8FNO. The van der Waals surface area contributed by atoms with Crippen molar-refractivity contribution in [1.29, 1.82) is 0 Å². The SMILES string of the molecule is CC(=O)c1cc2[nH]ccc2cc1F. The Morgan fingerprint density at radius 1 is 1.46 bits per heavy atom. The molecule has 0 amide bonds. The zero-order chi connectivity index (χ0) is 9.42. The lowest BCUT2D eigenvalue weighted by molar-refractivity contribution is 0.101. The van der Waals surface area contributed by atoms with Crippen LogP contribution in [0.4, 0.5) is 4.39 Å². The van der Waals surface area contributed by atoms with Gasteiger partial charge in [0.25, 0.3) is 0 Å². The number of halogens is 1. The van der Waals surface area contributed by atoms with Crippen molar-refractivity contribution in [2.24, 2.45) is 0 Å². The van der Waals surface area contributed by atoms with E-state index in [0.29, 0.717) is 0 Å². The van der Waals surface area contributed by atoms with Gasteiger partial charge in [-0.2, -0.15) is 0 Å². The monoisotopic (exact) mass is 177 g/mol. The summed E-state index contributed by atoms with van der Waals surface area (Å²) in [6.07, 6.45) is 1.72. The van der Waals surface area contributed by atoms with Crippen LogP contribution >= 0.6 is 0 Å². The first-order valence-corrected chi connectivity index (χ1v) is 3.96. The molecule has 1 aromatic carbocycles. The van der Waals surface area contributed by atoms with Crippen LogP contribution in [0.2, 0.25) is 0 Å². The van der Waals surface area contributed by atoms with Crippen LogP contribution in [0.25, 0.3) is 10.9 Å². The van der Waals surface area contributed by atoms with E-state index in [9.17, 15) is 9.18 Å². The second-order valence-electron chi connectivity index (χ2n) is 2.95. The van der Waals surface area contributed by atoms with E-state index in [0.717, 1.165) is 10.9 Å². The van der Waals surface area contributed by atoms with Gasteiger partial charge in [-0.1, -0.05) is 0 Å². The molecule has 0 atom stereocenters. The smallest absolute Gasteiger partial charge is 0.162 e. The first-order valence-electron chi connectivity index (χ1n) is 3.96. The Kier molecular flexibility index (Phi) is 1.65. The highest BCUT2D eigenvalue weighted by molar-refractivity contribution is 5.98. The normalized spacial score (nSPS) is 10.6. The lowest BCUT2D eigenvalue weighted by atomic mass is 10.1. The van der Waals surface area contributed by atoms with E-state index in [1.165, 1.54) is 19.1 Å². The Labute approximate surface area is 74.4 Å². The Hall–Kier alpha value is -1.64. The molecular weight excluding hydrogens is 169 g/mol. The maximum Gasteiger partial charge on any atom is 0.162 e. The number of Topliss-reactive ketones (excluding diaryl/α,β-unsaturated/α-hetero) is 1.